The van der Waals surface area contributed by atoms with Crippen molar-refractivity contribution in [2.24, 2.45) is 0 Å². The van der Waals surface area contributed by atoms with Crippen LogP contribution in [0.1, 0.15) is 0 Å². The Morgan fingerprint density at radius 3 is 2.72 bits per heavy atom. The third-order valence-corrected chi connectivity index (χ3v) is 2.00. The molecule has 6 nitrogen and oxygen atoms in total. The largest absolute Gasteiger partial charge is 0.480 e. The van der Waals surface area contributed by atoms with Gasteiger partial charge in [0.2, 0.25) is 5.95 Å². The van der Waals surface area contributed by atoms with E-state index in [0.29, 0.717) is 6.07 Å². The minimum absolute atomic E-state index is 0.139. The van der Waals surface area contributed by atoms with E-state index in [4.69, 9.17) is 5.11 Å². The Labute approximate surface area is 97.7 Å². The predicted molar refractivity (Wildman–Crippen MR) is 50.8 cm³/mol. The SMILES string of the molecule is O=C(O)Cn1cc(-c2cc(F)c(F)nc2F)nn1. The summed E-state index contributed by atoms with van der Waals surface area (Å²) >= 11 is 0. The van der Waals surface area contributed by atoms with Gasteiger partial charge in [0, 0.05) is 0 Å². The molecular formula is C9H5F3N4O2. The number of halogens is 3. The number of carboxylic acid groups (broad SMARTS) is 1. The van der Waals surface area contributed by atoms with Crippen molar-refractivity contribution in [1.82, 2.24) is 20.0 Å². The Morgan fingerprint density at radius 1 is 1.33 bits per heavy atom. The molecule has 0 radical (unpaired) electrons. The predicted octanol–water partition coefficient (Wildman–Crippen LogP) is 0.842. The van der Waals surface area contributed by atoms with E-state index >= 15 is 0 Å². The normalized spacial score (nSPS) is 10.6. The second-order valence-electron chi connectivity index (χ2n) is 3.29. The number of hydrogen-bond donors (Lipinski definition) is 1. The molecule has 9 heteroatoms. The summed E-state index contributed by atoms with van der Waals surface area (Å²) in [6.45, 7) is -0.480. The molecule has 2 rings (SSSR count). The van der Waals surface area contributed by atoms with E-state index in [0.717, 1.165) is 10.9 Å². The highest BCUT2D eigenvalue weighted by Gasteiger charge is 2.16. The molecule has 0 bridgehead atoms. The molecule has 0 unspecified atom stereocenters. The first-order valence-electron chi connectivity index (χ1n) is 4.61. The molecule has 0 amide bonds. The summed E-state index contributed by atoms with van der Waals surface area (Å²) < 4.78 is 39.7. The summed E-state index contributed by atoms with van der Waals surface area (Å²) in [5.41, 5.74) is -0.536. The Morgan fingerprint density at radius 2 is 2.06 bits per heavy atom. The Hall–Kier alpha value is -2.45. The lowest BCUT2D eigenvalue weighted by molar-refractivity contribution is -0.137. The molecule has 2 heterocycles. The van der Waals surface area contributed by atoms with Crippen LogP contribution in [0.15, 0.2) is 12.3 Å². The van der Waals surface area contributed by atoms with Crippen molar-refractivity contribution in [2.45, 2.75) is 6.54 Å². The zero-order valence-electron chi connectivity index (χ0n) is 8.64. The summed E-state index contributed by atoms with van der Waals surface area (Å²) in [6, 6.07) is 0.576. The Balaban J connectivity index is 2.40. The molecule has 1 N–H and O–H groups in total. The second kappa shape index (κ2) is 4.43. The third kappa shape index (κ3) is 2.29. The number of aromatic nitrogens is 4. The van der Waals surface area contributed by atoms with Gasteiger partial charge in [-0.3, -0.25) is 4.79 Å². The average molecular weight is 258 g/mol. The molecule has 0 fully saturated rings. The number of carbonyl (C=O) groups is 1. The highest BCUT2D eigenvalue weighted by molar-refractivity contribution is 5.66. The van der Waals surface area contributed by atoms with Gasteiger partial charge in [0.1, 0.15) is 12.2 Å². The number of aliphatic carboxylic acids is 1. The van der Waals surface area contributed by atoms with E-state index in [1.165, 1.54) is 0 Å². The maximum atomic E-state index is 13.3. The van der Waals surface area contributed by atoms with Crippen LogP contribution in [0.5, 0.6) is 0 Å². The molecule has 0 atom stereocenters. The number of rotatable bonds is 3. The van der Waals surface area contributed by atoms with Crippen LogP contribution in [-0.2, 0) is 11.3 Å². The summed E-state index contributed by atoms with van der Waals surface area (Å²) in [4.78, 5) is 13.1. The zero-order valence-corrected chi connectivity index (χ0v) is 8.64. The molecule has 0 aliphatic rings. The Kier molecular flexibility index (Phi) is 2.96. The molecule has 94 valence electrons. The van der Waals surface area contributed by atoms with Gasteiger partial charge in [0.05, 0.1) is 11.8 Å². The standard InChI is InChI=1S/C9H5F3N4O2/c10-5-1-4(8(11)13-9(5)12)6-2-16(15-14-6)3-7(17)18/h1-2H,3H2,(H,17,18). The second-order valence-corrected chi connectivity index (χ2v) is 3.29. The lowest BCUT2D eigenvalue weighted by Crippen LogP contribution is -2.08. The maximum Gasteiger partial charge on any atom is 0.325 e. The van der Waals surface area contributed by atoms with Crippen molar-refractivity contribution < 1.29 is 23.1 Å². The highest BCUT2D eigenvalue weighted by atomic mass is 19.2. The van der Waals surface area contributed by atoms with Crippen LogP contribution < -0.4 is 0 Å². The molecule has 0 spiro atoms. The third-order valence-electron chi connectivity index (χ3n) is 2.00. The number of pyridine rings is 1. The molecule has 0 saturated carbocycles. The van der Waals surface area contributed by atoms with Crippen molar-refractivity contribution >= 4 is 5.97 Å². The summed E-state index contributed by atoms with van der Waals surface area (Å²) in [5.74, 6) is -5.32. The molecule has 0 aromatic carbocycles. The van der Waals surface area contributed by atoms with Gasteiger partial charge >= 0.3 is 5.97 Å². The van der Waals surface area contributed by atoms with Gasteiger partial charge < -0.3 is 5.11 Å². The highest BCUT2D eigenvalue weighted by Crippen LogP contribution is 2.20. The van der Waals surface area contributed by atoms with Crippen LogP contribution in [0.25, 0.3) is 11.3 Å². The van der Waals surface area contributed by atoms with Crippen molar-refractivity contribution in [1.29, 1.82) is 0 Å². The maximum absolute atomic E-state index is 13.3. The smallest absolute Gasteiger partial charge is 0.325 e. The Bertz CT molecular complexity index is 614. The van der Waals surface area contributed by atoms with E-state index in [1.54, 1.807) is 0 Å². The quantitative estimate of drug-likeness (QED) is 0.825. The number of nitrogens with zero attached hydrogens (tertiary/aromatic N) is 4. The van der Waals surface area contributed by atoms with E-state index in [2.05, 4.69) is 15.3 Å². The van der Waals surface area contributed by atoms with Crippen LogP contribution >= 0.6 is 0 Å². The van der Waals surface area contributed by atoms with Gasteiger partial charge in [-0.05, 0) is 6.07 Å². The summed E-state index contributed by atoms with van der Waals surface area (Å²) in [6.07, 6.45) is 1.09. The van der Waals surface area contributed by atoms with Gasteiger partial charge in [-0.25, -0.2) is 9.07 Å². The van der Waals surface area contributed by atoms with Crippen molar-refractivity contribution in [3.8, 4) is 11.3 Å². The van der Waals surface area contributed by atoms with E-state index < -0.39 is 35.8 Å². The first kappa shape index (κ1) is 12.0. The molecule has 2 aromatic heterocycles. The summed E-state index contributed by atoms with van der Waals surface area (Å²) in [7, 11) is 0. The van der Waals surface area contributed by atoms with Crippen molar-refractivity contribution in [3.05, 3.63) is 30.0 Å². The van der Waals surface area contributed by atoms with Crippen LogP contribution in [-0.4, -0.2) is 31.1 Å². The van der Waals surface area contributed by atoms with Gasteiger partial charge in [-0.15, -0.1) is 5.10 Å². The first-order chi connectivity index (χ1) is 8.47. The minimum atomic E-state index is -1.56. The number of carboxylic acids is 1. The number of hydrogen-bond acceptors (Lipinski definition) is 4. The van der Waals surface area contributed by atoms with Gasteiger partial charge in [0.15, 0.2) is 5.82 Å². The van der Waals surface area contributed by atoms with Crippen LogP contribution in [0, 0.1) is 17.7 Å². The van der Waals surface area contributed by atoms with E-state index in [9.17, 15) is 18.0 Å². The molecule has 0 aliphatic heterocycles. The molecule has 0 aliphatic carbocycles. The van der Waals surface area contributed by atoms with Crippen LogP contribution in [0.4, 0.5) is 13.2 Å². The molecule has 0 saturated heterocycles. The lowest BCUT2D eigenvalue weighted by atomic mass is 10.2. The first-order valence-corrected chi connectivity index (χ1v) is 4.61. The fourth-order valence-electron chi connectivity index (χ4n) is 1.26. The van der Waals surface area contributed by atoms with E-state index in [1.807, 2.05) is 0 Å². The zero-order chi connectivity index (χ0) is 13.3. The fraction of sp³-hybridized carbons (Fsp3) is 0.111. The minimum Gasteiger partial charge on any atom is -0.480 e. The topological polar surface area (TPSA) is 80.9 Å². The van der Waals surface area contributed by atoms with Crippen LogP contribution in [0.3, 0.4) is 0 Å². The van der Waals surface area contributed by atoms with Crippen molar-refractivity contribution in [3.63, 3.8) is 0 Å². The monoisotopic (exact) mass is 258 g/mol. The van der Waals surface area contributed by atoms with E-state index in [-0.39, 0.29) is 5.69 Å². The fourth-order valence-corrected chi connectivity index (χ4v) is 1.26. The van der Waals surface area contributed by atoms with Gasteiger partial charge in [-0.1, -0.05) is 5.21 Å². The summed E-state index contributed by atoms with van der Waals surface area (Å²) in [5, 5.41) is 15.3. The molecule has 18 heavy (non-hydrogen) atoms. The molecule has 2 aromatic rings. The van der Waals surface area contributed by atoms with Crippen molar-refractivity contribution in [2.75, 3.05) is 0 Å². The van der Waals surface area contributed by atoms with Crippen LogP contribution in [0.2, 0.25) is 0 Å². The lowest BCUT2D eigenvalue weighted by Gasteiger charge is -1.98. The van der Waals surface area contributed by atoms with Gasteiger partial charge in [-0.2, -0.15) is 13.8 Å². The average Bonchev–Trinajstić information content (AvgIpc) is 2.70. The van der Waals surface area contributed by atoms with Gasteiger partial charge in [0.25, 0.3) is 5.95 Å². The molecular weight excluding hydrogens is 253 g/mol.